The highest BCUT2D eigenvalue weighted by atomic mass is 19.3. The second-order valence-corrected chi connectivity index (χ2v) is 7.98. The molecule has 1 spiro atoms. The zero-order valence-corrected chi connectivity index (χ0v) is 17.7. The van der Waals surface area contributed by atoms with Crippen molar-refractivity contribution in [3.05, 3.63) is 35.3 Å². The number of alkyl halides is 2. The zero-order valence-electron chi connectivity index (χ0n) is 17.7. The third-order valence-corrected chi connectivity index (χ3v) is 6.03. The standard InChI is InChI=1S/C20H22F3N3O2.C2H6.2H2/c1-3-14(18(28)26-5-4-19(10-26)9-20(19,22)23)25-17(27)16-8-12-7-13(21)11(2)6-15(12)24-16;1-2;;/h6-8,14,24H,3-5,9-10H2,1-2H3,(H,25,27);1-2H3;2*1H/t14-,19-;;;/m0.../s1. The maximum atomic E-state index is 13.7. The predicted molar refractivity (Wildman–Crippen MR) is 113 cm³/mol. The van der Waals surface area contributed by atoms with E-state index in [1.54, 1.807) is 19.9 Å². The van der Waals surface area contributed by atoms with Gasteiger partial charge in [-0.15, -0.1) is 0 Å². The van der Waals surface area contributed by atoms with E-state index in [1.165, 1.54) is 17.0 Å². The molecule has 1 saturated heterocycles. The summed E-state index contributed by atoms with van der Waals surface area (Å²) in [6.45, 7) is 7.71. The third-order valence-electron chi connectivity index (χ3n) is 6.03. The van der Waals surface area contributed by atoms with Crippen LogP contribution in [0.5, 0.6) is 0 Å². The number of benzene rings is 1. The molecule has 1 saturated carbocycles. The number of H-pyrrole nitrogens is 1. The molecule has 1 aromatic carbocycles. The van der Waals surface area contributed by atoms with Crippen molar-refractivity contribution in [1.29, 1.82) is 0 Å². The highest BCUT2D eigenvalue weighted by Crippen LogP contribution is 2.65. The van der Waals surface area contributed by atoms with Crippen LogP contribution in [-0.2, 0) is 4.79 Å². The highest BCUT2D eigenvalue weighted by Gasteiger charge is 2.73. The molecule has 0 radical (unpaired) electrons. The van der Waals surface area contributed by atoms with E-state index >= 15 is 0 Å². The summed E-state index contributed by atoms with van der Waals surface area (Å²) >= 11 is 0. The van der Waals surface area contributed by atoms with Gasteiger partial charge in [0.25, 0.3) is 11.8 Å². The van der Waals surface area contributed by atoms with Gasteiger partial charge in [-0.3, -0.25) is 9.59 Å². The molecule has 2 N–H and O–H groups in total. The number of rotatable bonds is 4. The van der Waals surface area contributed by atoms with Crippen molar-refractivity contribution >= 4 is 22.7 Å². The van der Waals surface area contributed by atoms with Crippen molar-refractivity contribution in [1.82, 2.24) is 15.2 Å². The number of carbonyl (C=O) groups is 2. The average molecular weight is 428 g/mol. The molecule has 2 amide bonds. The lowest BCUT2D eigenvalue weighted by molar-refractivity contribution is -0.132. The first-order valence-corrected chi connectivity index (χ1v) is 10.4. The second kappa shape index (κ2) is 7.96. The molecule has 2 atom stereocenters. The van der Waals surface area contributed by atoms with Gasteiger partial charge in [-0.2, -0.15) is 0 Å². The Morgan fingerprint density at radius 2 is 1.97 bits per heavy atom. The number of aryl methyl sites for hydroxylation is 1. The van der Waals surface area contributed by atoms with Crippen LogP contribution in [0.25, 0.3) is 10.9 Å². The summed E-state index contributed by atoms with van der Waals surface area (Å²) in [6, 6.07) is 3.70. The fourth-order valence-corrected chi connectivity index (χ4v) is 4.06. The van der Waals surface area contributed by atoms with E-state index in [9.17, 15) is 22.8 Å². The fraction of sp³-hybridized carbons (Fsp3) is 0.545. The molecule has 2 aliphatic rings. The van der Waals surface area contributed by atoms with Crippen molar-refractivity contribution < 1.29 is 25.6 Å². The van der Waals surface area contributed by atoms with Crippen LogP contribution < -0.4 is 5.32 Å². The smallest absolute Gasteiger partial charge is 0.268 e. The van der Waals surface area contributed by atoms with Crippen LogP contribution in [0.1, 0.15) is 58.9 Å². The largest absolute Gasteiger partial charge is 0.351 e. The van der Waals surface area contributed by atoms with Gasteiger partial charge in [-0.1, -0.05) is 20.8 Å². The minimum atomic E-state index is -2.69. The van der Waals surface area contributed by atoms with Gasteiger partial charge in [0.2, 0.25) is 5.91 Å². The van der Waals surface area contributed by atoms with Gasteiger partial charge in [0, 0.05) is 33.3 Å². The van der Waals surface area contributed by atoms with Gasteiger partial charge in [0.1, 0.15) is 17.6 Å². The molecule has 2 aromatic rings. The number of halogens is 3. The average Bonchev–Trinajstić information content (AvgIpc) is 3.06. The second-order valence-electron chi connectivity index (χ2n) is 7.98. The van der Waals surface area contributed by atoms with Gasteiger partial charge in [-0.25, -0.2) is 13.2 Å². The van der Waals surface area contributed by atoms with Crippen molar-refractivity contribution in [3.63, 3.8) is 0 Å². The summed E-state index contributed by atoms with van der Waals surface area (Å²) in [4.78, 5) is 29.7. The van der Waals surface area contributed by atoms with E-state index in [0.717, 1.165) is 0 Å². The van der Waals surface area contributed by atoms with Crippen molar-refractivity contribution in [2.75, 3.05) is 13.1 Å². The van der Waals surface area contributed by atoms with Crippen LogP contribution in [0.15, 0.2) is 18.2 Å². The summed E-state index contributed by atoms with van der Waals surface area (Å²) in [6.07, 6.45) is 0.472. The SMILES string of the molecule is CC.CC[C@H](NC(=O)c1cc2cc(F)c(C)cc2[nH]1)C(=O)N1CC[C@@]2(C1)CC2(F)F.[HH].[HH]. The van der Waals surface area contributed by atoms with Gasteiger partial charge < -0.3 is 15.2 Å². The van der Waals surface area contributed by atoms with E-state index in [4.69, 9.17) is 0 Å². The van der Waals surface area contributed by atoms with Gasteiger partial charge in [0.05, 0.1) is 5.41 Å². The molecule has 30 heavy (non-hydrogen) atoms. The van der Waals surface area contributed by atoms with Gasteiger partial charge in [0.15, 0.2) is 0 Å². The molecule has 1 aliphatic carbocycles. The van der Waals surface area contributed by atoms with E-state index in [0.29, 0.717) is 29.3 Å². The summed E-state index contributed by atoms with van der Waals surface area (Å²) in [5, 5.41) is 3.24. The van der Waals surface area contributed by atoms with E-state index in [-0.39, 0.29) is 39.8 Å². The number of fused-ring (bicyclic) bond motifs is 1. The topological polar surface area (TPSA) is 65.2 Å². The molecule has 0 bridgehead atoms. The molecular weight excluding hydrogens is 395 g/mol. The lowest BCUT2D eigenvalue weighted by Gasteiger charge is -2.23. The molecule has 2 fully saturated rings. The minimum Gasteiger partial charge on any atom is -0.351 e. The van der Waals surface area contributed by atoms with Crippen LogP contribution in [0.4, 0.5) is 13.2 Å². The molecule has 8 heteroatoms. The lowest BCUT2D eigenvalue weighted by Crippen LogP contribution is -2.47. The third kappa shape index (κ3) is 3.79. The maximum absolute atomic E-state index is 13.7. The first-order chi connectivity index (χ1) is 14.2. The number of likely N-dealkylation sites (tertiary alicyclic amines) is 1. The first kappa shape index (κ1) is 22.2. The molecule has 168 valence electrons. The molecule has 2 heterocycles. The summed E-state index contributed by atoms with van der Waals surface area (Å²) in [5.74, 6) is -3.88. The Labute approximate surface area is 177 Å². The Morgan fingerprint density at radius 1 is 1.30 bits per heavy atom. The lowest BCUT2D eigenvalue weighted by atomic mass is 10.1. The normalized spacial score (nSPS) is 22.6. The van der Waals surface area contributed by atoms with Crippen LogP contribution in [-0.4, -0.2) is 46.8 Å². The van der Waals surface area contributed by atoms with Crippen LogP contribution >= 0.6 is 0 Å². The van der Waals surface area contributed by atoms with E-state index in [2.05, 4.69) is 10.3 Å². The molecule has 4 rings (SSSR count). The highest BCUT2D eigenvalue weighted by molar-refractivity contribution is 6.00. The first-order valence-electron chi connectivity index (χ1n) is 10.4. The summed E-state index contributed by atoms with van der Waals surface area (Å²) in [7, 11) is 0. The molecule has 5 nitrogen and oxygen atoms in total. The monoisotopic (exact) mass is 427 g/mol. The minimum absolute atomic E-state index is 0. The predicted octanol–water partition coefficient (Wildman–Crippen LogP) is 4.90. The number of aromatic nitrogens is 1. The van der Waals surface area contributed by atoms with Gasteiger partial charge >= 0.3 is 0 Å². The van der Waals surface area contributed by atoms with Gasteiger partial charge in [-0.05, 0) is 43.5 Å². The van der Waals surface area contributed by atoms with Crippen LogP contribution in [0.3, 0.4) is 0 Å². The molecule has 1 aromatic heterocycles. The Kier molecular flexibility index (Phi) is 5.89. The number of aromatic amines is 1. The number of hydrogen-bond donors (Lipinski definition) is 2. The quantitative estimate of drug-likeness (QED) is 0.729. The Balaban J connectivity index is 0.00000125. The summed E-state index contributed by atoms with van der Waals surface area (Å²) in [5.41, 5.74) is 0.242. The number of nitrogens with zero attached hydrogens (tertiary/aromatic N) is 1. The van der Waals surface area contributed by atoms with E-state index < -0.39 is 23.3 Å². The Hall–Kier alpha value is -2.51. The molecule has 0 unspecified atom stereocenters. The van der Waals surface area contributed by atoms with Crippen molar-refractivity contribution in [2.45, 2.75) is 58.9 Å². The number of amides is 2. The van der Waals surface area contributed by atoms with Crippen LogP contribution in [0, 0.1) is 18.2 Å². The number of carbonyl (C=O) groups excluding carboxylic acids is 2. The Morgan fingerprint density at radius 3 is 2.53 bits per heavy atom. The zero-order chi connectivity index (χ0) is 22.3. The molecular formula is C22H32F3N3O2. The fourth-order valence-electron chi connectivity index (χ4n) is 4.06. The van der Waals surface area contributed by atoms with Crippen molar-refractivity contribution in [2.24, 2.45) is 5.41 Å². The maximum Gasteiger partial charge on any atom is 0.268 e. The van der Waals surface area contributed by atoms with Crippen LogP contribution in [0.2, 0.25) is 0 Å². The summed E-state index contributed by atoms with van der Waals surface area (Å²) < 4.78 is 40.8. The van der Waals surface area contributed by atoms with Crippen molar-refractivity contribution in [3.8, 4) is 0 Å². The number of hydrogen-bond acceptors (Lipinski definition) is 2. The molecule has 1 aliphatic heterocycles. The number of nitrogens with one attached hydrogen (secondary N) is 2. The van der Waals surface area contributed by atoms with E-state index in [1.807, 2.05) is 13.8 Å². The Bertz CT molecular complexity index is 944.